The molecule has 10 heteroatoms. The molecule has 0 saturated heterocycles. The van der Waals surface area contributed by atoms with Crippen molar-refractivity contribution in [2.45, 2.75) is 13.5 Å². The van der Waals surface area contributed by atoms with Crippen molar-refractivity contribution in [2.75, 3.05) is 17.3 Å². The second-order valence-electron chi connectivity index (χ2n) is 8.39. The highest BCUT2D eigenvalue weighted by atomic mass is 19.2. The van der Waals surface area contributed by atoms with E-state index in [-0.39, 0.29) is 29.4 Å². The van der Waals surface area contributed by atoms with Crippen LogP contribution >= 0.6 is 0 Å². The van der Waals surface area contributed by atoms with Gasteiger partial charge in [-0.1, -0.05) is 6.07 Å². The van der Waals surface area contributed by atoms with Crippen LogP contribution in [0.15, 0.2) is 54.7 Å². The Morgan fingerprint density at radius 2 is 1.72 bits per heavy atom. The Kier molecular flexibility index (Phi) is 5.71. The Labute approximate surface area is 204 Å². The number of hydrogen-bond acceptors (Lipinski definition) is 3. The number of nitrogens with one attached hydrogen (secondary N) is 3. The molecule has 0 saturated carbocycles. The van der Waals surface area contributed by atoms with Gasteiger partial charge in [0.05, 0.1) is 5.56 Å². The van der Waals surface area contributed by atoms with E-state index in [1.54, 1.807) is 18.3 Å². The summed E-state index contributed by atoms with van der Waals surface area (Å²) in [5.74, 6) is -2.43. The summed E-state index contributed by atoms with van der Waals surface area (Å²) in [7, 11) is 1.38. The van der Waals surface area contributed by atoms with Gasteiger partial charge in [0.15, 0.2) is 11.6 Å². The Morgan fingerprint density at radius 1 is 0.972 bits per heavy atom. The third-order valence-corrected chi connectivity index (χ3v) is 6.03. The number of aryl methyl sites for hydroxylation is 1. The molecule has 1 aliphatic heterocycles. The van der Waals surface area contributed by atoms with Crippen LogP contribution in [0, 0.1) is 24.4 Å². The maximum absolute atomic E-state index is 15.2. The first-order valence-corrected chi connectivity index (χ1v) is 11.0. The van der Waals surface area contributed by atoms with E-state index in [2.05, 4.69) is 20.6 Å². The number of nitrogens with zero attached hydrogens (tertiary/aromatic N) is 2. The van der Waals surface area contributed by atoms with Crippen LogP contribution in [-0.4, -0.2) is 29.0 Å². The third-order valence-electron chi connectivity index (χ3n) is 6.03. The Morgan fingerprint density at radius 3 is 2.42 bits per heavy atom. The van der Waals surface area contributed by atoms with Crippen molar-refractivity contribution in [3.05, 3.63) is 89.0 Å². The second kappa shape index (κ2) is 8.88. The number of urea groups is 1. The molecule has 1 aliphatic rings. The highest BCUT2D eigenvalue weighted by molar-refractivity contribution is 6.06. The number of carbonyl (C=O) groups is 2. The van der Waals surface area contributed by atoms with Crippen molar-refractivity contribution in [3.63, 3.8) is 0 Å². The number of benzene rings is 3. The minimum atomic E-state index is -1.09. The fourth-order valence-corrected chi connectivity index (χ4v) is 4.18. The summed E-state index contributed by atoms with van der Waals surface area (Å²) in [6.07, 6.45) is 1.67. The SMILES string of the molecule is Cc1cnc(-c2ccc(-c3ccc(NC(=O)N(C)c4ccc(F)c(F)c4)cc3F)c3c2C(=O)NC3)[nH]1. The molecule has 3 N–H and O–H groups in total. The summed E-state index contributed by atoms with van der Waals surface area (Å²) in [5.41, 5.74) is 3.67. The molecule has 0 spiro atoms. The molecule has 0 radical (unpaired) electrons. The molecule has 2 heterocycles. The Hall–Kier alpha value is -4.60. The largest absolute Gasteiger partial charge is 0.348 e. The summed E-state index contributed by atoms with van der Waals surface area (Å²) in [6, 6.07) is 10.1. The number of hydrogen-bond donors (Lipinski definition) is 3. The van der Waals surface area contributed by atoms with Crippen LogP contribution < -0.4 is 15.5 Å². The van der Waals surface area contributed by atoms with Crippen LogP contribution in [0.4, 0.5) is 29.3 Å². The van der Waals surface area contributed by atoms with Gasteiger partial charge in [0.25, 0.3) is 5.91 Å². The molecule has 3 amide bonds. The summed E-state index contributed by atoms with van der Waals surface area (Å²) in [5, 5.41) is 5.33. The van der Waals surface area contributed by atoms with Gasteiger partial charge in [0.2, 0.25) is 0 Å². The average molecular weight is 491 g/mol. The molecule has 182 valence electrons. The van der Waals surface area contributed by atoms with Crippen molar-refractivity contribution < 1.29 is 22.8 Å². The predicted octanol–water partition coefficient (Wildman–Crippen LogP) is 5.38. The lowest BCUT2D eigenvalue weighted by Gasteiger charge is -2.19. The van der Waals surface area contributed by atoms with Gasteiger partial charge >= 0.3 is 6.03 Å². The van der Waals surface area contributed by atoms with Crippen molar-refractivity contribution in [2.24, 2.45) is 0 Å². The Balaban J connectivity index is 1.43. The molecular formula is C26H20F3N5O2. The lowest BCUT2D eigenvalue weighted by Crippen LogP contribution is -2.31. The highest BCUT2D eigenvalue weighted by Gasteiger charge is 2.28. The number of anilines is 2. The van der Waals surface area contributed by atoms with Crippen molar-refractivity contribution in [1.29, 1.82) is 0 Å². The lowest BCUT2D eigenvalue weighted by molar-refractivity contribution is 0.0966. The molecule has 5 rings (SSSR count). The van der Waals surface area contributed by atoms with Crippen molar-refractivity contribution in [3.8, 4) is 22.5 Å². The number of H-pyrrole nitrogens is 1. The maximum Gasteiger partial charge on any atom is 0.326 e. The van der Waals surface area contributed by atoms with Crippen molar-refractivity contribution in [1.82, 2.24) is 15.3 Å². The number of halogens is 3. The number of fused-ring (bicyclic) bond motifs is 1. The molecule has 0 atom stereocenters. The molecular weight excluding hydrogens is 471 g/mol. The molecule has 1 aromatic heterocycles. The summed E-state index contributed by atoms with van der Waals surface area (Å²) < 4.78 is 41.9. The summed E-state index contributed by atoms with van der Waals surface area (Å²) in [6.45, 7) is 2.10. The van der Waals surface area contributed by atoms with Crippen LogP contribution in [0.5, 0.6) is 0 Å². The second-order valence-corrected chi connectivity index (χ2v) is 8.39. The fraction of sp³-hybridized carbons (Fsp3) is 0.115. The number of aromatic nitrogens is 2. The van der Waals surface area contributed by atoms with E-state index >= 15 is 4.39 Å². The molecule has 36 heavy (non-hydrogen) atoms. The predicted molar refractivity (Wildman–Crippen MR) is 129 cm³/mol. The minimum Gasteiger partial charge on any atom is -0.348 e. The van der Waals surface area contributed by atoms with E-state index in [9.17, 15) is 18.4 Å². The smallest absolute Gasteiger partial charge is 0.326 e. The summed E-state index contributed by atoms with van der Waals surface area (Å²) in [4.78, 5) is 33.7. The van der Waals surface area contributed by atoms with E-state index in [1.165, 1.54) is 25.2 Å². The van der Waals surface area contributed by atoms with E-state index in [0.29, 0.717) is 28.1 Å². The van der Waals surface area contributed by atoms with Crippen LogP contribution in [0.1, 0.15) is 21.6 Å². The average Bonchev–Trinajstić information content (AvgIpc) is 3.46. The highest BCUT2D eigenvalue weighted by Crippen LogP contribution is 2.37. The van der Waals surface area contributed by atoms with Crippen LogP contribution in [0.3, 0.4) is 0 Å². The zero-order valence-electron chi connectivity index (χ0n) is 19.2. The number of amides is 3. The van der Waals surface area contributed by atoms with Gasteiger partial charge in [0, 0.05) is 54.1 Å². The van der Waals surface area contributed by atoms with Gasteiger partial charge < -0.3 is 15.6 Å². The first-order chi connectivity index (χ1) is 17.2. The van der Waals surface area contributed by atoms with E-state index in [0.717, 1.165) is 28.8 Å². The number of imidazole rings is 1. The van der Waals surface area contributed by atoms with Crippen LogP contribution in [-0.2, 0) is 6.54 Å². The first kappa shape index (κ1) is 23.2. The minimum absolute atomic E-state index is 0.128. The monoisotopic (exact) mass is 491 g/mol. The quantitative estimate of drug-likeness (QED) is 0.358. The number of rotatable bonds is 4. The maximum atomic E-state index is 15.2. The van der Waals surface area contributed by atoms with Crippen LogP contribution in [0.25, 0.3) is 22.5 Å². The molecule has 7 nitrogen and oxygen atoms in total. The normalized spacial score (nSPS) is 12.3. The third kappa shape index (κ3) is 4.06. The molecule has 4 aromatic rings. The van der Waals surface area contributed by atoms with E-state index in [1.807, 2.05) is 6.92 Å². The summed E-state index contributed by atoms with van der Waals surface area (Å²) >= 11 is 0. The zero-order chi connectivity index (χ0) is 25.6. The lowest BCUT2D eigenvalue weighted by atomic mass is 9.92. The van der Waals surface area contributed by atoms with Gasteiger partial charge in [-0.3, -0.25) is 9.69 Å². The van der Waals surface area contributed by atoms with Gasteiger partial charge in [-0.25, -0.2) is 22.9 Å². The number of aromatic amines is 1. The molecule has 3 aromatic carbocycles. The topological polar surface area (TPSA) is 90.1 Å². The Bertz CT molecular complexity index is 1530. The van der Waals surface area contributed by atoms with Gasteiger partial charge in [-0.2, -0.15) is 0 Å². The molecule has 0 fully saturated rings. The van der Waals surface area contributed by atoms with E-state index in [4.69, 9.17) is 0 Å². The molecule has 0 aliphatic carbocycles. The number of carbonyl (C=O) groups excluding carboxylic acids is 2. The first-order valence-electron chi connectivity index (χ1n) is 11.0. The van der Waals surface area contributed by atoms with Crippen LogP contribution in [0.2, 0.25) is 0 Å². The van der Waals surface area contributed by atoms with E-state index < -0.39 is 23.5 Å². The molecule has 0 unspecified atom stereocenters. The van der Waals surface area contributed by atoms with Crippen molar-refractivity contribution >= 4 is 23.3 Å². The fourth-order valence-electron chi connectivity index (χ4n) is 4.18. The zero-order valence-corrected chi connectivity index (χ0v) is 19.2. The standard InChI is InChI=1S/C26H20F3N5O2/c1-13-11-30-24(32-13)18-7-6-16(19-12-31-25(35)23(18)19)17-5-3-14(9-21(17)28)33-26(36)34(2)15-4-8-20(27)22(29)10-15/h3-11H,12H2,1-2H3,(H,30,32)(H,31,35)(H,33,36). The van der Waals surface area contributed by atoms with Gasteiger partial charge in [-0.15, -0.1) is 0 Å². The molecule has 0 bridgehead atoms. The van der Waals surface area contributed by atoms with Gasteiger partial charge in [0.1, 0.15) is 11.6 Å². The van der Waals surface area contributed by atoms with Gasteiger partial charge in [-0.05, 0) is 54.4 Å².